The summed E-state index contributed by atoms with van der Waals surface area (Å²) in [6.07, 6.45) is 25.6. The minimum absolute atomic E-state index is 1.10. The van der Waals surface area contributed by atoms with Gasteiger partial charge in [-0.05, 0) is 38.8 Å². The maximum atomic E-state index is 6.16. The third kappa shape index (κ3) is 16.5. The summed E-state index contributed by atoms with van der Waals surface area (Å²) in [5.74, 6) is 2.34. The second-order valence-corrected chi connectivity index (χ2v) is 7.35. The SMILES string of the molecule is CC=C(CCCCCCCCC)OC(=CC)CCCCCCCCC. The standard InChI is InChI=1S/C24H46O/c1-5-9-11-13-15-17-19-21-23(7-3)25-24(8-4)22-20-18-16-14-12-10-6-2/h7-8H,5-6,9-22H2,1-4H3. The molecule has 0 spiro atoms. The molecule has 0 aromatic carbocycles. The number of hydrogen-bond acceptors (Lipinski definition) is 1. The molecule has 0 radical (unpaired) electrons. The van der Waals surface area contributed by atoms with Crippen molar-refractivity contribution in [1.82, 2.24) is 0 Å². The third-order valence-corrected chi connectivity index (χ3v) is 4.96. The van der Waals surface area contributed by atoms with Crippen LogP contribution in [0.15, 0.2) is 23.7 Å². The Bertz CT molecular complexity index is 295. The van der Waals surface area contributed by atoms with Crippen molar-refractivity contribution in [3.63, 3.8) is 0 Å². The molecule has 0 amide bonds. The van der Waals surface area contributed by atoms with Crippen LogP contribution < -0.4 is 0 Å². The summed E-state index contributed by atoms with van der Waals surface area (Å²) in [7, 11) is 0. The van der Waals surface area contributed by atoms with Crippen molar-refractivity contribution in [2.24, 2.45) is 0 Å². The van der Waals surface area contributed by atoms with E-state index < -0.39 is 0 Å². The Balaban J connectivity index is 3.76. The molecule has 0 aromatic rings. The number of allylic oxidation sites excluding steroid dienone is 4. The van der Waals surface area contributed by atoms with Gasteiger partial charge in [0.25, 0.3) is 0 Å². The van der Waals surface area contributed by atoms with Gasteiger partial charge in [-0.25, -0.2) is 0 Å². The Morgan fingerprint density at radius 3 is 1.16 bits per heavy atom. The van der Waals surface area contributed by atoms with Gasteiger partial charge in [-0.3, -0.25) is 0 Å². The number of ether oxygens (including phenoxy) is 1. The summed E-state index contributed by atoms with van der Waals surface area (Å²) in [6.45, 7) is 8.77. The molecule has 0 heterocycles. The molecule has 0 rings (SSSR count). The molecule has 148 valence electrons. The molecule has 0 unspecified atom stereocenters. The molecule has 0 aliphatic rings. The Kier molecular flexibility index (Phi) is 19.0. The molecule has 25 heavy (non-hydrogen) atoms. The lowest BCUT2D eigenvalue weighted by Gasteiger charge is -2.13. The molecule has 1 nitrogen and oxygen atoms in total. The normalized spacial score (nSPS) is 12.6. The Hall–Kier alpha value is -0.720. The number of rotatable bonds is 18. The van der Waals surface area contributed by atoms with Crippen molar-refractivity contribution in [1.29, 1.82) is 0 Å². The minimum atomic E-state index is 1.10. The van der Waals surface area contributed by atoms with Gasteiger partial charge in [-0.15, -0.1) is 0 Å². The molecule has 0 fully saturated rings. The van der Waals surface area contributed by atoms with Crippen molar-refractivity contribution in [3.8, 4) is 0 Å². The van der Waals surface area contributed by atoms with E-state index in [0.717, 1.165) is 12.8 Å². The predicted molar refractivity (Wildman–Crippen MR) is 114 cm³/mol. The van der Waals surface area contributed by atoms with Crippen molar-refractivity contribution >= 4 is 0 Å². The van der Waals surface area contributed by atoms with Crippen molar-refractivity contribution < 1.29 is 4.74 Å². The fraction of sp³-hybridized carbons (Fsp3) is 0.833. The van der Waals surface area contributed by atoms with Gasteiger partial charge < -0.3 is 4.74 Å². The fourth-order valence-electron chi connectivity index (χ4n) is 3.19. The van der Waals surface area contributed by atoms with E-state index in [1.807, 2.05) is 0 Å². The molecule has 1 heteroatoms. The van der Waals surface area contributed by atoms with E-state index in [9.17, 15) is 0 Å². The van der Waals surface area contributed by atoms with E-state index in [1.54, 1.807) is 0 Å². The maximum absolute atomic E-state index is 6.16. The van der Waals surface area contributed by atoms with Crippen LogP contribution in [0.4, 0.5) is 0 Å². The molecule has 0 bridgehead atoms. The summed E-state index contributed by atoms with van der Waals surface area (Å²) in [4.78, 5) is 0. The van der Waals surface area contributed by atoms with Crippen molar-refractivity contribution in [2.75, 3.05) is 0 Å². The molecule has 0 saturated heterocycles. The van der Waals surface area contributed by atoms with E-state index in [0.29, 0.717) is 0 Å². The molecule has 0 saturated carbocycles. The zero-order valence-electron chi connectivity index (χ0n) is 17.9. The molecule has 0 atom stereocenters. The second kappa shape index (κ2) is 19.6. The number of unbranched alkanes of at least 4 members (excludes halogenated alkanes) is 12. The van der Waals surface area contributed by atoms with E-state index >= 15 is 0 Å². The topological polar surface area (TPSA) is 9.23 Å². The Morgan fingerprint density at radius 1 is 0.520 bits per heavy atom. The molecule has 0 N–H and O–H groups in total. The molecule has 0 aliphatic carbocycles. The van der Waals surface area contributed by atoms with Gasteiger partial charge in [0.1, 0.15) is 0 Å². The zero-order valence-corrected chi connectivity index (χ0v) is 17.9. The summed E-state index contributed by atoms with van der Waals surface area (Å²) in [5, 5.41) is 0. The van der Waals surface area contributed by atoms with Crippen LogP contribution in [0.25, 0.3) is 0 Å². The van der Waals surface area contributed by atoms with Gasteiger partial charge in [0, 0.05) is 12.8 Å². The van der Waals surface area contributed by atoms with E-state index in [4.69, 9.17) is 4.74 Å². The van der Waals surface area contributed by atoms with Gasteiger partial charge in [-0.1, -0.05) is 90.9 Å². The highest BCUT2D eigenvalue weighted by atomic mass is 16.5. The molecule has 0 aliphatic heterocycles. The lowest BCUT2D eigenvalue weighted by atomic mass is 10.1. The van der Waals surface area contributed by atoms with Crippen LogP contribution in [0.2, 0.25) is 0 Å². The van der Waals surface area contributed by atoms with E-state index in [2.05, 4.69) is 39.8 Å². The number of hydrogen-bond donors (Lipinski definition) is 0. The third-order valence-electron chi connectivity index (χ3n) is 4.96. The Morgan fingerprint density at radius 2 is 0.840 bits per heavy atom. The van der Waals surface area contributed by atoms with Crippen molar-refractivity contribution in [3.05, 3.63) is 23.7 Å². The summed E-state index contributed by atoms with van der Waals surface area (Å²) in [5.41, 5.74) is 0. The van der Waals surface area contributed by atoms with Crippen molar-refractivity contribution in [2.45, 2.75) is 130 Å². The average Bonchev–Trinajstić information content (AvgIpc) is 2.64. The minimum Gasteiger partial charge on any atom is -0.467 e. The predicted octanol–water partition coefficient (Wildman–Crippen LogP) is 9.09. The summed E-state index contributed by atoms with van der Waals surface area (Å²) >= 11 is 0. The van der Waals surface area contributed by atoms with Gasteiger partial charge in [0.2, 0.25) is 0 Å². The first kappa shape index (κ1) is 24.3. The summed E-state index contributed by atoms with van der Waals surface area (Å²) < 4.78 is 6.16. The van der Waals surface area contributed by atoms with Crippen LogP contribution in [-0.4, -0.2) is 0 Å². The first-order valence-corrected chi connectivity index (χ1v) is 11.3. The largest absolute Gasteiger partial charge is 0.467 e. The van der Waals surface area contributed by atoms with Crippen LogP contribution in [0.5, 0.6) is 0 Å². The van der Waals surface area contributed by atoms with Crippen LogP contribution >= 0.6 is 0 Å². The van der Waals surface area contributed by atoms with Gasteiger partial charge in [0.05, 0.1) is 11.5 Å². The second-order valence-electron chi connectivity index (χ2n) is 7.35. The van der Waals surface area contributed by atoms with E-state index in [-0.39, 0.29) is 0 Å². The lowest BCUT2D eigenvalue weighted by molar-refractivity contribution is 0.269. The highest BCUT2D eigenvalue weighted by molar-refractivity contribution is 5.00. The van der Waals surface area contributed by atoms with Gasteiger partial charge in [-0.2, -0.15) is 0 Å². The van der Waals surface area contributed by atoms with Gasteiger partial charge in [0.15, 0.2) is 0 Å². The van der Waals surface area contributed by atoms with Crippen LogP contribution in [0, 0.1) is 0 Å². The lowest BCUT2D eigenvalue weighted by Crippen LogP contribution is -1.95. The zero-order chi connectivity index (χ0) is 18.6. The fourth-order valence-corrected chi connectivity index (χ4v) is 3.19. The average molecular weight is 351 g/mol. The van der Waals surface area contributed by atoms with Crippen LogP contribution in [0.1, 0.15) is 130 Å². The van der Waals surface area contributed by atoms with Crippen LogP contribution in [-0.2, 0) is 4.74 Å². The first-order chi connectivity index (χ1) is 12.3. The highest BCUT2D eigenvalue weighted by Crippen LogP contribution is 2.20. The summed E-state index contributed by atoms with van der Waals surface area (Å²) in [6, 6.07) is 0. The van der Waals surface area contributed by atoms with E-state index in [1.165, 1.54) is 101 Å². The Labute approximate surface area is 159 Å². The molecule has 0 aromatic heterocycles. The van der Waals surface area contributed by atoms with Gasteiger partial charge >= 0.3 is 0 Å². The smallest absolute Gasteiger partial charge is 0.0993 e. The first-order valence-electron chi connectivity index (χ1n) is 11.3. The maximum Gasteiger partial charge on any atom is 0.0993 e. The molecular weight excluding hydrogens is 304 g/mol. The highest BCUT2D eigenvalue weighted by Gasteiger charge is 2.03. The molecular formula is C24H46O. The monoisotopic (exact) mass is 350 g/mol. The quantitative estimate of drug-likeness (QED) is 0.177. The van der Waals surface area contributed by atoms with Crippen LogP contribution in [0.3, 0.4) is 0 Å².